The molecule has 0 bridgehead atoms. The highest BCUT2D eigenvalue weighted by Gasteiger charge is 2.45. The number of benzene rings is 1. The molecule has 1 aromatic carbocycles. The van der Waals surface area contributed by atoms with Crippen LogP contribution in [0.15, 0.2) is 53.2 Å². The van der Waals surface area contributed by atoms with Crippen LogP contribution in [0.2, 0.25) is 0 Å². The van der Waals surface area contributed by atoms with E-state index >= 15 is 0 Å². The minimum atomic E-state index is -1.51. The summed E-state index contributed by atoms with van der Waals surface area (Å²) in [6.07, 6.45) is -2.45. The molecule has 2 heterocycles. The van der Waals surface area contributed by atoms with Crippen LogP contribution in [0.4, 0.5) is 0 Å². The fourth-order valence-corrected chi connectivity index (χ4v) is 3.49. The van der Waals surface area contributed by atoms with Crippen molar-refractivity contribution in [1.29, 1.82) is 0 Å². The average Bonchev–Trinajstić information content (AvgIpc) is 2.99. The summed E-state index contributed by atoms with van der Waals surface area (Å²) < 4.78 is 15.4. The van der Waals surface area contributed by atoms with Crippen molar-refractivity contribution in [2.24, 2.45) is 0 Å². The molecule has 0 radical (unpaired) electrons. The lowest BCUT2D eigenvalue weighted by Crippen LogP contribution is -2.35. The van der Waals surface area contributed by atoms with Crippen molar-refractivity contribution in [3.63, 3.8) is 0 Å². The summed E-state index contributed by atoms with van der Waals surface area (Å²) in [5.41, 5.74) is 0.349. The molecule has 0 aromatic heterocycles. The number of aliphatic hydroxyl groups excluding tert-OH is 5. The van der Waals surface area contributed by atoms with Crippen molar-refractivity contribution in [2.75, 3.05) is 6.61 Å². The molecule has 2 aliphatic heterocycles. The van der Waals surface area contributed by atoms with Gasteiger partial charge in [-0.1, -0.05) is 0 Å². The molecule has 11 heteroatoms. The van der Waals surface area contributed by atoms with Gasteiger partial charge in [-0.05, 0) is 0 Å². The number of hydrogen-bond donors (Lipinski definition) is 8. The maximum atomic E-state index is 10.2. The summed E-state index contributed by atoms with van der Waals surface area (Å²) in [5.74, 6) is -2.57. The van der Waals surface area contributed by atoms with Crippen molar-refractivity contribution < 1.29 is 55.1 Å². The van der Waals surface area contributed by atoms with E-state index in [0.717, 1.165) is 18.2 Å². The molecular weight excluding hydrogens is 416 g/mol. The van der Waals surface area contributed by atoms with Crippen molar-refractivity contribution in [3.05, 3.63) is 58.8 Å². The van der Waals surface area contributed by atoms with Gasteiger partial charge in [0.25, 0.3) is 0 Å². The lowest BCUT2D eigenvalue weighted by Gasteiger charge is -2.27. The third-order valence-electron chi connectivity index (χ3n) is 5.10. The van der Waals surface area contributed by atoms with Crippen molar-refractivity contribution in [2.45, 2.75) is 30.7 Å². The van der Waals surface area contributed by atoms with Gasteiger partial charge in [-0.15, -0.1) is 0 Å². The highest BCUT2D eigenvalue weighted by Crippen LogP contribution is 2.41. The molecule has 9 N–H and O–H groups in total. The highest BCUT2D eigenvalue weighted by molar-refractivity contribution is 5.71. The maximum Gasteiger partial charge on any atom is 0.305 e. The third-order valence-corrected chi connectivity index (χ3v) is 5.10. The van der Waals surface area contributed by atoms with Crippen LogP contribution in [0.5, 0.6) is 17.2 Å². The van der Waals surface area contributed by atoms with Gasteiger partial charge in [0.2, 0.25) is 18.2 Å². The van der Waals surface area contributed by atoms with Crippen molar-refractivity contribution in [3.8, 4) is 17.2 Å². The number of ether oxygens (including phenoxy) is 3. The molecule has 1 saturated heterocycles. The average molecular weight is 437 g/mol. The van der Waals surface area contributed by atoms with E-state index in [1.807, 2.05) is 0 Å². The molecule has 0 spiro atoms. The minimum absolute atomic E-state index is 0.0239. The number of allylic oxidation sites excluding steroid dienone is 2. The molecule has 0 saturated carbocycles. The largest absolute Gasteiger partial charge is 0.571 e. The Kier molecular flexibility index (Phi) is 5.19. The lowest BCUT2D eigenvalue weighted by molar-refractivity contribution is -0.147. The number of phenolic OH excluding ortho intramolecular Hbond substituents is 3. The van der Waals surface area contributed by atoms with E-state index in [-0.39, 0.29) is 34.2 Å². The summed E-state index contributed by atoms with van der Waals surface area (Å²) in [6.45, 7) is -0.565. The Morgan fingerprint density at radius 1 is 0.968 bits per heavy atom. The van der Waals surface area contributed by atoms with Crippen molar-refractivity contribution >= 4 is 5.76 Å². The first-order valence-electron chi connectivity index (χ1n) is 9.22. The number of hydrogen-bond acceptors (Lipinski definition) is 10. The Morgan fingerprint density at radius 2 is 1.65 bits per heavy atom. The van der Waals surface area contributed by atoms with Crippen LogP contribution in [0.25, 0.3) is 5.76 Å². The fraction of sp³-hybridized carbons (Fsp3) is 0.300. The standard InChI is InChI=1S/C20H20O11/c21-6-15-17(27)18(28)20(31-15)30-14-5-9-10(23)3-8(22)4-13(9)29-19(14)7-1-11(24)16(26)12(25)2-7/h1-5,13,15,17-18,20-28H,6H2/p+1/t13?,15-,17+,18-,20-/m1/s1. The molecule has 3 aliphatic rings. The predicted octanol–water partition coefficient (Wildman–Crippen LogP) is -0.338. The SMILES string of the molecule is OC[C@H]1O[C@@H](OC2=C(c3cc(O)c(O)c(O)c3)[OH+]C3C=C(O)C=C(O)C3=C2)[C@H](O)[C@H]1O. The van der Waals surface area contributed by atoms with Crippen LogP contribution < -0.4 is 0 Å². The Labute approximate surface area is 174 Å². The van der Waals surface area contributed by atoms with Gasteiger partial charge in [-0.3, -0.25) is 0 Å². The zero-order chi connectivity index (χ0) is 22.4. The monoisotopic (exact) mass is 437 g/mol. The smallest absolute Gasteiger partial charge is 0.305 e. The molecule has 1 unspecified atom stereocenters. The zero-order valence-electron chi connectivity index (χ0n) is 15.8. The topological polar surface area (TPSA) is 193 Å². The van der Waals surface area contributed by atoms with Gasteiger partial charge in [0.1, 0.15) is 29.8 Å². The Bertz CT molecular complexity index is 999. The van der Waals surface area contributed by atoms with E-state index in [9.17, 15) is 40.9 Å². The molecular formula is C20H21O11+. The fourth-order valence-electron chi connectivity index (χ4n) is 3.49. The lowest BCUT2D eigenvalue weighted by atomic mass is 9.97. The normalized spacial score (nSPS) is 30.2. The van der Waals surface area contributed by atoms with Gasteiger partial charge < -0.3 is 55.1 Å². The minimum Gasteiger partial charge on any atom is -0.571 e. The van der Waals surface area contributed by atoms with Gasteiger partial charge in [0.05, 0.1) is 23.8 Å². The summed E-state index contributed by atoms with van der Waals surface area (Å²) >= 11 is 0. The third kappa shape index (κ3) is 3.64. The molecule has 11 nitrogen and oxygen atoms in total. The van der Waals surface area contributed by atoms with Gasteiger partial charge in [-0.2, -0.15) is 0 Å². The van der Waals surface area contributed by atoms with Crippen LogP contribution in [-0.4, -0.2) is 82.9 Å². The second-order valence-electron chi connectivity index (χ2n) is 7.20. The second kappa shape index (κ2) is 7.71. The predicted molar refractivity (Wildman–Crippen MR) is 103 cm³/mol. The van der Waals surface area contributed by atoms with E-state index < -0.39 is 54.6 Å². The number of aliphatic hydroxyl groups is 7. The first-order valence-corrected chi connectivity index (χ1v) is 9.22. The molecule has 166 valence electrons. The van der Waals surface area contributed by atoms with Crippen LogP contribution >= 0.6 is 0 Å². The van der Waals surface area contributed by atoms with E-state index in [2.05, 4.69) is 4.74 Å². The Hall–Kier alpha value is -3.38. The van der Waals surface area contributed by atoms with E-state index in [4.69, 9.17) is 9.47 Å². The van der Waals surface area contributed by atoms with Crippen LogP contribution in [0.1, 0.15) is 5.56 Å². The van der Waals surface area contributed by atoms with E-state index in [0.29, 0.717) is 0 Å². The van der Waals surface area contributed by atoms with Gasteiger partial charge >= 0.3 is 5.76 Å². The number of phenols is 3. The quantitative estimate of drug-likeness (QED) is 0.228. The highest BCUT2D eigenvalue weighted by atomic mass is 16.7. The molecule has 1 fully saturated rings. The van der Waals surface area contributed by atoms with Crippen LogP contribution in [-0.2, 0) is 9.47 Å². The molecule has 0 amide bonds. The summed E-state index contributed by atoms with van der Waals surface area (Å²) in [6, 6.07) is 2.21. The molecule has 1 aromatic rings. The molecule has 4 rings (SSSR count). The first-order chi connectivity index (χ1) is 14.7. The Balaban J connectivity index is 1.79. The van der Waals surface area contributed by atoms with Gasteiger partial charge in [0.15, 0.2) is 17.2 Å². The van der Waals surface area contributed by atoms with Gasteiger partial charge in [0, 0.05) is 24.3 Å². The summed E-state index contributed by atoms with van der Waals surface area (Å²) in [4.78, 5) is 0. The summed E-state index contributed by atoms with van der Waals surface area (Å²) in [5, 5.41) is 78.8. The maximum absolute atomic E-state index is 10.2. The molecule has 31 heavy (non-hydrogen) atoms. The molecule has 1 aliphatic carbocycles. The number of aromatic hydroxyl groups is 3. The van der Waals surface area contributed by atoms with E-state index in [1.165, 1.54) is 12.2 Å². The van der Waals surface area contributed by atoms with Gasteiger partial charge in [-0.25, -0.2) is 0 Å². The van der Waals surface area contributed by atoms with Crippen LogP contribution in [0, 0.1) is 0 Å². The summed E-state index contributed by atoms with van der Waals surface area (Å²) in [7, 11) is 0. The van der Waals surface area contributed by atoms with Crippen molar-refractivity contribution in [1.82, 2.24) is 0 Å². The first kappa shape index (κ1) is 20.9. The number of rotatable bonds is 4. The Morgan fingerprint density at radius 3 is 2.26 bits per heavy atom. The van der Waals surface area contributed by atoms with E-state index in [1.54, 1.807) is 0 Å². The van der Waals surface area contributed by atoms with Crippen LogP contribution in [0.3, 0.4) is 0 Å². The zero-order valence-corrected chi connectivity index (χ0v) is 15.8. The second-order valence-corrected chi connectivity index (χ2v) is 7.20. The number of fused-ring (bicyclic) bond motifs is 1. The molecule has 5 atom stereocenters.